The van der Waals surface area contributed by atoms with E-state index in [0.717, 1.165) is 42.1 Å². The third-order valence-electron chi connectivity index (χ3n) is 6.18. The minimum absolute atomic E-state index is 0.00338. The Morgan fingerprint density at radius 1 is 1.15 bits per heavy atom. The van der Waals surface area contributed by atoms with E-state index < -0.39 is 6.36 Å². The second-order valence-electron chi connectivity index (χ2n) is 8.45. The maximum absolute atomic E-state index is 13.3. The summed E-state index contributed by atoms with van der Waals surface area (Å²) in [5, 5.41) is 4.47. The average molecular weight is 460 g/mol. The lowest BCUT2D eigenvalue weighted by Crippen LogP contribution is -2.46. The molecule has 1 unspecified atom stereocenters. The van der Waals surface area contributed by atoms with Crippen molar-refractivity contribution in [2.75, 3.05) is 6.54 Å². The van der Waals surface area contributed by atoms with Gasteiger partial charge in [0.05, 0.1) is 0 Å². The third kappa shape index (κ3) is 5.87. The molecule has 8 heteroatoms. The van der Waals surface area contributed by atoms with Crippen LogP contribution in [0.25, 0.3) is 10.9 Å². The van der Waals surface area contributed by atoms with Crippen molar-refractivity contribution in [2.45, 2.75) is 57.6 Å². The number of ether oxygens (including phenoxy) is 1. The zero-order valence-corrected chi connectivity index (χ0v) is 18.5. The van der Waals surface area contributed by atoms with Gasteiger partial charge in [0.1, 0.15) is 11.4 Å². The molecule has 176 valence electrons. The van der Waals surface area contributed by atoms with Crippen LogP contribution in [-0.4, -0.2) is 40.8 Å². The van der Waals surface area contributed by atoms with Gasteiger partial charge in [-0.1, -0.05) is 30.3 Å². The van der Waals surface area contributed by atoms with Crippen LogP contribution in [0.5, 0.6) is 5.75 Å². The Morgan fingerprint density at radius 2 is 1.97 bits per heavy atom. The van der Waals surface area contributed by atoms with Crippen molar-refractivity contribution in [2.24, 2.45) is 0 Å². The summed E-state index contributed by atoms with van der Waals surface area (Å²) in [7, 11) is 0. The number of amides is 1. The lowest BCUT2D eigenvalue weighted by molar-refractivity contribution is -0.274. The number of aromatic amines is 1. The summed E-state index contributed by atoms with van der Waals surface area (Å²) in [6, 6.07) is 16.0. The standard InChI is InChI=1S/C25H28F3N3O2/c1-2-31(24(32)23-14-18-8-3-4-12-22(18)30-23)20-10-6-9-19(15-20)29-16-17-7-5-11-21(13-17)33-25(26,27)28/h3-5,7-8,11-14,19-20,29-30H,2,6,9-10,15-16H2,1H3/t19?,20-/m0/s1. The van der Waals surface area contributed by atoms with E-state index >= 15 is 0 Å². The Labute approximate surface area is 190 Å². The molecule has 2 N–H and O–H groups in total. The largest absolute Gasteiger partial charge is 0.573 e. The molecule has 2 atom stereocenters. The third-order valence-corrected chi connectivity index (χ3v) is 6.18. The molecule has 0 spiro atoms. The number of H-pyrrole nitrogens is 1. The number of nitrogens with one attached hydrogen (secondary N) is 2. The molecule has 5 nitrogen and oxygen atoms in total. The molecule has 1 amide bonds. The van der Waals surface area contributed by atoms with Crippen LogP contribution in [0.1, 0.15) is 48.7 Å². The molecule has 1 aliphatic carbocycles. The Bertz CT molecular complexity index is 1060. The first-order valence-electron chi connectivity index (χ1n) is 11.3. The van der Waals surface area contributed by atoms with Crippen molar-refractivity contribution in [1.29, 1.82) is 0 Å². The van der Waals surface area contributed by atoms with Crippen molar-refractivity contribution in [3.05, 3.63) is 65.9 Å². The number of carbonyl (C=O) groups is 1. The first-order chi connectivity index (χ1) is 15.8. The number of fused-ring (bicyclic) bond motifs is 1. The Morgan fingerprint density at radius 3 is 2.73 bits per heavy atom. The lowest BCUT2D eigenvalue weighted by atomic mass is 9.89. The van der Waals surface area contributed by atoms with E-state index in [1.54, 1.807) is 12.1 Å². The van der Waals surface area contributed by atoms with Gasteiger partial charge in [-0.15, -0.1) is 13.2 Å². The predicted molar refractivity (Wildman–Crippen MR) is 121 cm³/mol. The summed E-state index contributed by atoms with van der Waals surface area (Å²) in [6.45, 7) is 3.04. The minimum Gasteiger partial charge on any atom is -0.406 e. The van der Waals surface area contributed by atoms with Crippen LogP contribution in [0.4, 0.5) is 13.2 Å². The number of carbonyl (C=O) groups excluding carboxylic acids is 1. The summed E-state index contributed by atoms with van der Waals surface area (Å²) in [4.78, 5) is 18.4. The normalized spacial score (nSPS) is 18.9. The molecule has 0 bridgehead atoms. The Balaban J connectivity index is 1.38. The SMILES string of the molecule is CCN(C(=O)c1cc2ccccc2[nH]1)[C@H]1CCCC(NCc2cccc(OC(F)(F)F)c2)C1. The average Bonchev–Trinajstić information content (AvgIpc) is 3.22. The summed E-state index contributed by atoms with van der Waals surface area (Å²) in [6.07, 6.45) is -1.02. The van der Waals surface area contributed by atoms with Crippen LogP contribution in [0.3, 0.4) is 0 Å². The van der Waals surface area contributed by atoms with Crippen LogP contribution in [0.15, 0.2) is 54.6 Å². The van der Waals surface area contributed by atoms with Gasteiger partial charge in [-0.05, 0) is 62.4 Å². The monoisotopic (exact) mass is 459 g/mol. The van der Waals surface area contributed by atoms with Crippen molar-refractivity contribution in [1.82, 2.24) is 15.2 Å². The van der Waals surface area contributed by atoms with Crippen molar-refractivity contribution < 1.29 is 22.7 Å². The molecular formula is C25H28F3N3O2. The van der Waals surface area contributed by atoms with Crippen molar-refractivity contribution in [3.63, 3.8) is 0 Å². The second-order valence-corrected chi connectivity index (χ2v) is 8.45. The molecule has 0 aliphatic heterocycles. The van der Waals surface area contributed by atoms with Gasteiger partial charge in [-0.2, -0.15) is 0 Å². The molecule has 2 aromatic carbocycles. The topological polar surface area (TPSA) is 57.4 Å². The van der Waals surface area contributed by atoms with E-state index in [-0.39, 0.29) is 23.7 Å². The fourth-order valence-electron chi connectivity index (χ4n) is 4.66. The van der Waals surface area contributed by atoms with Gasteiger partial charge < -0.3 is 19.9 Å². The second kappa shape index (κ2) is 9.87. The quantitative estimate of drug-likeness (QED) is 0.482. The lowest BCUT2D eigenvalue weighted by Gasteiger charge is -2.37. The summed E-state index contributed by atoms with van der Waals surface area (Å²) in [5.74, 6) is -0.222. The summed E-state index contributed by atoms with van der Waals surface area (Å²) < 4.78 is 41.4. The van der Waals surface area contributed by atoms with Crippen molar-refractivity contribution in [3.8, 4) is 5.75 Å². The fourth-order valence-corrected chi connectivity index (χ4v) is 4.66. The van der Waals surface area contributed by atoms with Gasteiger partial charge in [0, 0.05) is 36.1 Å². The molecule has 0 radical (unpaired) electrons. The van der Waals surface area contributed by atoms with E-state index in [9.17, 15) is 18.0 Å². The maximum Gasteiger partial charge on any atom is 0.573 e. The van der Waals surface area contributed by atoms with Crippen LogP contribution < -0.4 is 10.1 Å². The van der Waals surface area contributed by atoms with Crippen molar-refractivity contribution >= 4 is 16.8 Å². The van der Waals surface area contributed by atoms with E-state index in [2.05, 4.69) is 15.0 Å². The van der Waals surface area contributed by atoms with E-state index in [1.165, 1.54) is 12.1 Å². The number of para-hydroxylation sites is 1. The number of aromatic nitrogens is 1. The first-order valence-corrected chi connectivity index (χ1v) is 11.3. The molecule has 1 heterocycles. The van der Waals surface area contributed by atoms with Crippen LogP contribution >= 0.6 is 0 Å². The molecule has 33 heavy (non-hydrogen) atoms. The molecule has 4 rings (SSSR count). The summed E-state index contributed by atoms with van der Waals surface area (Å²) in [5.41, 5.74) is 2.26. The number of halogens is 3. The smallest absolute Gasteiger partial charge is 0.406 e. The van der Waals surface area contributed by atoms with Crippen LogP contribution in [0, 0.1) is 0 Å². The number of hydrogen-bond donors (Lipinski definition) is 2. The van der Waals surface area contributed by atoms with E-state index in [1.807, 2.05) is 42.2 Å². The van der Waals surface area contributed by atoms with Crippen LogP contribution in [-0.2, 0) is 6.54 Å². The Hall–Kier alpha value is -3.00. The highest BCUT2D eigenvalue weighted by molar-refractivity contribution is 5.98. The van der Waals surface area contributed by atoms with E-state index in [0.29, 0.717) is 18.8 Å². The minimum atomic E-state index is -4.70. The van der Waals surface area contributed by atoms with Gasteiger partial charge in [0.15, 0.2) is 0 Å². The highest BCUT2D eigenvalue weighted by Gasteiger charge is 2.31. The number of benzene rings is 2. The van der Waals surface area contributed by atoms with Gasteiger partial charge in [0.25, 0.3) is 5.91 Å². The highest BCUT2D eigenvalue weighted by atomic mass is 19.4. The van der Waals surface area contributed by atoms with Gasteiger partial charge in [-0.25, -0.2) is 0 Å². The maximum atomic E-state index is 13.3. The number of hydrogen-bond acceptors (Lipinski definition) is 3. The molecule has 3 aromatic rings. The zero-order chi connectivity index (χ0) is 23.4. The number of nitrogens with zero attached hydrogens (tertiary/aromatic N) is 1. The highest BCUT2D eigenvalue weighted by Crippen LogP contribution is 2.27. The van der Waals surface area contributed by atoms with E-state index in [4.69, 9.17) is 0 Å². The van der Waals surface area contributed by atoms with Gasteiger partial charge in [0.2, 0.25) is 0 Å². The first kappa shape index (κ1) is 23.2. The molecule has 1 fully saturated rings. The molecule has 1 aliphatic rings. The molecule has 1 aromatic heterocycles. The van der Waals surface area contributed by atoms with Crippen LogP contribution in [0.2, 0.25) is 0 Å². The predicted octanol–water partition coefficient (Wildman–Crippen LogP) is 5.63. The number of rotatable bonds is 7. The number of alkyl halides is 3. The fraction of sp³-hybridized carbons (Fsp3) is 0.400. The Kier molecular flexibility index (Phi) is 6.93. The molecule has 1 saturated carbocycles. The molecular weight excluding hydrogens is 431 g/mol. The zero-order valence-electron chi connectivity index (χ0n) is 18.5. The van der Waals surface area contributed by atoms with Gasteiger partial charge in [-0.3, -0.25) is 4.79 Å². The molecule has 0 saturated heterocycles. The summed E-state index contributed by atoms with van der Waals surface area (Å²) >= 11 is 0. The van der Waals surface area contributed by atoms with Gasteiger partial charge >= 0.3 is 6.36 Å².